The van der Waals surface area contributed by atoms with Crippen molar-refractivity contribution in [3.63, 3.8) is 0 Å². The molecule has 130 valence electrons. The van der Waals surface area contributed by atoms with Crippen LogP contribution < -0.4 is 5.43 Å². The van der Waals surface area contributed by atoms with Gasteiger partial charge in [0.1, 0.15) is 0 Å². The first-order chi connectivity index (χ1) is 12.4. The SMILES string of the molecule is O=c1c2ccccc2n(-c2cc(C(F)(F)F)ccc2I)c2ccccc12. The molecule has 2 nitrogen and oxygen atoms in total. The molecule has 1 aromatic heterocycles. The second kappa shape index (κ2) is 6.12. The lowest BCUT2D eigenvalue weighted by atomic mass is 10.1. The molecule has 1 heterocycles. The Labute approximate surface area is 160 Å². The zero-order valence-corrected chi connectivity index (χ0v) is 15.4. The summed E-state index contributed by atoms with van der Waals surface area (Å²) in [7, 11) is 0. The van der Waals surface area contributed by atoms with Gasteiger partial charge in [0.2, 0.25) is 0 Å². The zero-order valence-electron chi connectivity index (χ0n) is 13.2. The third-order valence-electron chi connectivity index (χ3n) is 4.29. The third-order valence-corrected chi connectivity index (χ3v) is 5.21. The summed E-state index contributed by atoms with van der Waals surface area (Å²) in [5.41, 5.74) is 0.698. The van der Waals surface area contributed by atoms with Crippen LogP contribution in [0.2, 0.25) is 0 Å². The van der Waals surface area contributed by atoms with Gasteiger partial charge in [-0.15, -0.1) is 0 Å². The predicted molar refractivity (Wildman–Crippen MR) is 105 cm³/mol. The van der Waals surface area contributed by atoms with E-state index in [-0.39, 0.29) is 5.43 Å². The van der Waals surface area contributed by atoms with Gasteiger partial charge in [-0.05, 0) is 65.1 Å². The monoisotopic (exact) mass is 465 g/mol. The molecule has 0 amide bonds. The fraction of sp³-hybridized carbons (Fsp3) is 0.0500. The highest BCUT2D eigenvalue weighted by Crippen LogP contribution is 2.34. The summed E-state index contributed by atoms with van der Waals surface area (Å²) in [4.78, 5) is 12.8. The van der Waals surface area contributed by atoms with Crippen molar-refractivity contribution >= 4 is 44.4 Å². The second-order valence-electron chi connectivity index (χ2n) is 5.86. The van der Waals surface area contributed by atoms with Gasteiger partial charge in [-0.3, -0.25) is 4.79 Å². The number of hydrogen-bond acceptors (Lipinski definition) is 1. The molecule has 0 aliphatic carbocycles. The van der Waals surface area contributed by atoms with Crippen LogP contribution in [0.4, 0.5) is 13.2 Å². The maximum atomic E-state index is 13.2. The zero-order chi connectivity index (χ0) is 18.5. The van der Waals surface area contributed by atoms with E-state index in [1.165, 1.54) is 6.07 Å². The molecular formula is C20H11F3INO. The minimum absolute atomic E-state index is 0.130. The lowest BCUT2D eigenvalue weighted by Crippen LogP contribution is -2.12. The second-order valence-corrected chi connectivity index (χ2v) is 7.02. The van der Waals surface area contributed by atoms with E-state index in [0.717, 1.165) is 12.1 Å². The summed E-state index contributed by atoms with van der Waals surface area (Å²) >= 11 is 2.02. The first-order valence-electron chi connectivity index (χ1n) is 7.77. The summed E-state index contributed by atoms with van der Waals surface area (Å²) in [6.07, 6.45) is -4.44. The van der Waals surface area contributed by atoms with Gasteiger partial charge in [-0.25, -0.2) is 0 Å². The Hall–Kier alpha value is -2.35. The van der Waals surface area contributed by atoms with Gasteiger partial charge in [0.15, 0.2) is 5.43 Å². The van der Waals surface area contributed by atoms with Crippen LogP contribution >= 0.6 is 22.6 Å². The molecule has 0 aliphatic heterocycles. The van der Waals surface area contributed by atoms with Crippen molar-refractivity contribution in [2.75, 3.05) is 0 Å². The number of rotatable bonds is 1. The summed E-state index contributed by atoms with van der Waals surface area (Å²) in [5, 5.41) is 0.943. The smallest absolute Gasteiger partial charge is 0.308 e. The van der Waals surface area contributed by atoms with Crippen LogP contribution in [0.1, 0.15) is 5.56 Å². The van der Waals surface area contributed by atoms with Crippen LogP contribution in [-0.2, 0) is 6.18 Å². The predicted octanol–water partition coefficient (Wildman–Crippen LogP) is 5.77. The minimum Gasteiger partial charge on any atom is -0.308 e. The van der Waals surface area contributed by atoms with E-state index in [0.29, 0.717) is 31.1 Å². The standard InChI is InChI=1S/C20H11F3INO/c21-20(22,23)12-9-10-15(24)18(11-12)25-16-7-3-1-5-13(16)19(26)14-6-2-4-8-17(14)25/h1-11H. The molecule has 0 saturated carbocycles. The van der Waals surface area contributed by atoms with Crippen LogP contribution in [0.3, 0.4) is 0 Å². The molecule has 0 atom stereocenters. The maximum absolute atomic E-state index is 13.2. The molecule has 4 aromatic rings. The van der Waals surface area contributed by atoms with Crippen molar-refractivity contribution in [1.82, 2.24) is 4.57 Å². The number of hydrogen-bond donors (Lipinski definition) is 0. The number of aromatic nitrogens is 1. The number of benzene rings is 3. The van der Waals surface area contributed by atoms with E-state index in [1.807, 2.05) is 22.6 Å². The van der Waals surface area contributed by atoms with Gasteiger partial charge in [-0.1, -0.05) is 24.3 Å². The molecule has 6 heteroatoms. The minimum atomic E-state index is -4.44. The summed E-state index contributed by atoms with van der Waals surface area (Å²) < 4.78 is 42.1. The van der Waals surface area contributed by atoms with Crippen molar-refractivity contribution < 1.29 is 13.2 Å². The van der Waals surface area contributed by atoms with Crippen LogP contribution in [0, 0.1) is 3.57 Å². The Morgan fingerprint density at radius 2 is 1.35 bits per heavy atom. The molecule has 26 heavy (non-hydrogen) atoms. The number of pyridine rings is 1. The molecular weight excluding hydrogens is 454 g/mol. The molecule has 0 fully saturated rings. The lowest BCUT2D eigenvalue weighted by Gasteiger charge is -2.18. The van der Waals surface area contributed by atoms with Crippen LogP contribution in [0.15, 0.2) is 71.5 Å². The molecule has 0 radical (unpaired) electrons. The van der Waals surface area contributed by atoms with Crippen LogP contribution in [0.5, 0.6) is 0 Å². The molecule has 3 aromatic carbocycles. The highest BCUT2D eigenvalue weighted by molar-refractivity contribution is 14.1. The number of fused-ring (bicyclic) bond motifs is 2. The normalized spacial score (nSPS) is 12.0. The van der Waals surface area contributed by atoms with E-state index in [2.05, 4.69) is 0 Å². The molecule has 4 rings (SSSR count). The van der Waals surface area contributed by atoms with Crippen molar-refractivity contribution in [2.45, 2.75) is 6.18 Å². The van der Waals surface area contributed by atoms with Gasteiger partial charge in [0, 0.05) is 14.3 Å². The fourth-order valence-electron chi connectivity index (χ4n) is 3.12. The average molecular weight is 465 g/mol. The van der Waals surface area contributed by atoms with Crippen LogP contribution in [0.25, 0.3) is 27.5 Å². The van der Waals surface area contributed by atoms with Crippen molar-refractivity contribution in [3.05, 3.63) is 86.1 Å². The lowest BCUT2D eigenvalue weighted by molar-refractivity contribution is -0.137. The molecule has 0 N–H and O–H groups in total. The van der Waals surface area contributed by atoms with Crippen molar-refractivity contribution in [3.8, 4) is 5.69 Å². The summed E-state index contributed by atoms with van der Waals surface area (Å²) in [6.45, 7) is 0. The van der Waals surface area contributed by atoms with E-state index in [1.54, 1.807) is 53.1 Å². The quantitative estimate of drug-likeness (QED) is 0.259. The van der Waals surface area contributed by atoms with Crippen molar-refractivity contribution in [2.24, 2.45) is 0 Å². The Bertz CT molecular complexity index is 1150. The van der Waals surface area contributed by atoms with Gasteiger partial charge in [0.05, 0.1) is 22.3 Å². The Kier molecular flexibility index (Phi) is 4.02. The Balaban J connectivity index is 2.21. The number of nitrogens with zero attached hydrogens (tertiary/aromatic N) is 1. The Morgan fingerprint density at radius 3 is 1.88 bits per heavy atom. The van der Waals surface area contributed by atoms with E-state index in [4.69, 9.17) is 0 Å². The Morgan fingerprint density at radius 1 is 0.808 bits per heavy atom. The van der Waals surface area contributed by atoms with Gasteiger partial charge in [-0.2, -0.15) is 13.2 Å². The third kappa shape index (κ3) is 2.68. The molecule has 0 spiro atoms. The van der Waals surface area contributed by atoms with E-state index >= 15 is 0 Å². The number of halogens is 4. The van der Waals surface area contributed by atoms with E-state index in [9.17, 15) is 18.0 Å². The fourth-order valence-corrected chi connectivity index (χ4v) is 3.69. The number of alkyl halides is 3. The first-order valence-corrected chi connectivity index (χ1v) is 8.85. The average Bonchev–Trinajstić information content (AvgIpc) is 2.62. The number of para-hydroxylation sites is 2. The first kappa shape index (κ1) is 17.1. The highest BCUT2D eigenvalue weighted by atomic mass is 127. The molecule has 0 bridgehead atoms. The molecule has 0 saturated heterocycles. The summed E-state index contributed by atoms with van der Waals surface area (Å²) in [5.74, 6) is 0. The topological polar surface area (TPSA) is 22.0 Å². The van der Waals surface area contributed by atoms with Gasteiger partial charge < -0.3 is 4.57 Å². The summed E-state index contributed by atoms with van der Waals surface area (Å²) in [6, 6.07) is 17.6. The largest absolute Gasteiger partial charge is 0.416 e. The maximum Gasteiger partial charge on any atom is 0.416 e. The van der Waals surface area contributed by atoms with E-state index < -0.39 is 11.7 Å². The molecule has 0 aliphatic rings. The van der Waals surface area contributed by atoms with Crippen molar-refractivity contribution in [1.29, 1.82) is 0 Å². The van der Waals surface area contributed by atoms with Gasteiger partial charge >= 0.3 is 6.18 Å². The van der Waals surface area contributed by atoms with Gasteiger partial charge in [0.25, 0.3) is 0 Å². The highest BCUT2D eigenvalue weighted by Gasteiger charge is 2.31. The molecule has 0 unspecified atom stereocenters. The van der Waals surface area contributed by atoms with Crippen LogP contribution in [-0.4, -0.2) is 4.57 Å².